The van der Waals surface area contributed by atoms with Crippen LogP contribution in [-0.2, 0) is 11.8 Å². The van der Waals surface area contributed by atoms with Gasteiger partial charge in [0.1, 0.15) is 6.54 Å². The van der Waals surface area contributed by atoms with Gasteiger partial charge < -0.3 is 10.0 Å². The highest BCUT2D eigenvalue weighted by atomic mass is 16.4. The fourth-order valence-corrected chi connectivity index (χ4v) is 2.13. The molecule has 0 radical (unpaired) electrons. The maximum absolute atomic E-state index is 12.3. The molecule has 7 heteroatoms. The van der Waals surface area contributed by atoms with Crippen molar-refractivity contribution in [3.63, 3.8) is 0 Å². The number of aryl methyl sites for hydroxylation is 3. The predicted molar refractivity (Wildman–Crippen MR) is 72.6 cm³/mol. The minimum atomic E-state index is -1.05. The molecule has 2 aromatic heterocycles. The Kier molecular flexibility index (Phi) is 3.44. The van der Waals surface area contributed by atoms with E-state index in [9.17, 15) is 9.59 Å². The van der Waals surface area contributed by atoms with Crippen molar-refractivity contribution in [2.24, 2.45) is 7.05 Å². The Hall–Kier alpha value is -2.44. The Balaban J connectivity index is 2.49. The molecule has 2 aromatic rings. The maximum atomic E-state index is 12.3. The number of pyridine rings is 1. The first-order valence-electron chi connectivity index (χ1n) is 6.09. The fraction of sp³-hybridized carbons (Fsp3) is 0.385. The van der Waals surface area contributed by atoms with E-state index >= 15 is 0 Å². The van der Waals surface area contributed by atoms with Crippen LogP contribution in [0, 0.1) is 13.8 Å². The number of fused-ring (bicyclic) bond motifs is 1. The highest BCUT2D eigenvalue weighted by Gasteiger charge is 2.19. The Morgan fingerprint density at radius 3 is 2.60 bits per heavy atom. The molecule has 0 saturated heterocycles. The lowest BCUT2D eigenvalue weighted by molar-refractivity contribution is -0.137. The molecule has 0 saturated carbocycles. The molecule has 20 heavy (non-hydrogen) atoms. The summed E-state index contributed by atoms with van der Waals surface area (Å²) in [6, 6.07) is 1.72. The third-order valence-corrected chi connectivity index (χ3v) is 3.14. The smallest absolute Gasteiger partial charge is 0.323 e. The second-order valence-corrected chi connectivity index (χ2v) is 4.76. The van der Waals surface area contributed by atoms with Crippen LogP contribution in [0.2, 0.25) is 0 Å². The van der Waals surface area contributed by atoms with Crippen LogP contribution < -0.4 is 0 Å². The van der Waals surface area contributed by atoms with Crippen LogP contribution in [0.3, 0.4) is 0 Å². The summed E-state index contributed by atoms with van der Waals surface area (Å²) in [5.41, 5.74) is 2.45. The van der Waals surface area contributed by atoms with Crippen LogP contribution in [0.5, 0.6) is 0 Å². The molecule has 7 nitrogen and oxygen atoms in total. The van der Waals surface area contributed by atoms with Gasteiger partial charge in [-0.15, -0.1) is 0 Å². The molecule has 0 unspecified atom stereocenters. The van der Waals surface area contributed by atoms with E-state index in [0.29, 0.717) is 16.9 Å². The summed E-state index contributed by atoms with van der Waals surface area (Å²) in [4.78, 5) is 28.5. The van der Waals surface area contributed by atoms with Crippen LogP contribution in [-0.4, -0.2) is 50.2 Å². The normalized spacial score (nSPS) is 10.8. The molecule has 0 fully saturated rings. The number of aromatic nitrogens is 3. The van der Waals surface area contributed by atoms with Crippen molar-refractivity contribution in [2.75, 3.05) is 13.6 Å². The molecule has 2 rings (SSSR count). The average Bonchev–Trinajstić information content (AvgIpc) is 2.62. The van der Waals surface area contributed by atoms with Crippen molar-refractivity contribution in [3.8, 4) is 0 Å². The maximum Gasteiger partial charge on any atom is 0.323 e. The molecular formula is C13H16N4O3. The van der Waals surface area contributed by atoms with Crippen molar-refractivity contribution in [2.45, 2.75) is 13.8 Å². The Bertz CT molecular complexity index is 705. The van der Waals surface area contributed by atoms with Crippen molar-refractivity contribution < 1.29 is 14.7 Å². The summed E-state index contributed by atoms with van der Waals surface area (Å²) >= 11 is 0. The second-order valence-electron chi connectivity index (χ2n) is 4.76. The lowest BCUT2D eigenvalue weighted by Gasteiger charge is -2.15. The minimum absolute atomic E-state index is 0.345. The number of carbonyl (C=O) groups is 2. The quantitative estimate of drug-likeness (QED) is 0.893. The van der Waals surface area contributed by atoms with Crippen molar-refractivity contribution in [1.29, 1.82) is 0 Å². The summed E-state index contributed by atoms with van der Waals surface area (Å²) in [5, 5.41) is 13.8. The SMILES string of the molecule is Cc1nc2c(cc1C(=O)N(C)CC(=O)O)c(C)nn2C. The van der Waals surface area contributed by atoms with Crippen LogP contribution in [0.1, 0.15) is 21.7 Å². The molecule has 106 valence electrons. The van der Waals surface area contributed by atoms with Gasteiger partial charge in [0.05, 0.1) is 17.0 Å². The standard InChI is InChI=1S/C13H16N4O3/c1-7-10(13(20)16(3)6-11(18)19)5-9-8(2)15-17(4)12(9)14-7/h5H,6H2,1-4H3,(H,18,19). The predicted octanol–water partition coefficient (Wildman–Crippen LogP) is 0.742. The molecule has 0 bridgehead atoms. The lowest BCUT2D eigenvalue weighted by Crippen LogP contribution is -2.32. The lowest BCUT2D eigenvalue weighted by atomic mass is 10.1. The van der Waals surface area contributed by atoms with Gasteiger partial charge in [-0.1, -0.05) is 0 Å². The van der Waals surface area contributed by atoms with E-state index in [1.807, 2.05) is 6.92 Å². The second kappa shape index (κ2) is 4.92. The first-order valence-corrected chi connectivity index (χ1v) is 6.09. The number of aliphatic carboxylic acids is 1. The highest BCUT2D eigenvalue weighted by Crippen LogP contribution is 2.20. The van der Waals surface area contributed by atoms with E-state index in [-0.39, 0.29) is 12.5 Å². The highest BCUT2D eigenvalue weighted by molar-refractivity contribution is 5.99. The summed E-state index contributed by atoms with van der Waals surface area (Å²) in [6.45, 7) is 3.22. The molecule has 1 N–H and O–H groups in total. The van der Waals surface area contributed by atoms with Crippen LogP contribution in [0.25, 0.3) is 11.0 Å². The molecule has 2 heterocycles. The van der Waals surface area contributed by atoms with Gasteiger partial charge in [-0.3, -0.25) is 14.3 Å². The first kappa shape index (κ1) is 14.0. The number of nitrogens with zero attached hydrogens (tertiary/aromatic N) is 4. The van der Waals surface area contributed by atoms with Crippen LogP contribution in [0.15, 0.2) is 6.07 Å². The van der Waals surface area contributed by atoms with Crippen molar-refractivity contribution >= 4 is 22.9 Å². The van der Waals surface area contributed by atoms with Gasteiger partial charge in [-0.25, -0.2) is 4.98 Å². The number of carboxylic acids is 1. The van der Waals surface area contributed by atoms with Crippen molar-refractivity contribution in [3.05, 3.63) is 23.0 Å². The number of likely N-dealkylation sites (N-methyl/N-ethyl adjacent to an activating group) is 1. The molecule has 0 aliphatic rings. The molecule has 0 spiro atoms. The summed E-state index contributed by atoms with van der Waals surface area (Å²) in [5.74, 6) is -1.41. The van der Waals surface area contributed by atoms with Gasteiger partial charge in [0.15, 0.2) is 5.65 Å². The van der Waals surface area contributed by atoms with E-state index < -0.39 is 5.97 Å². The molecule has 0 aliphatic heterocycles. The van der Waals surface area contributed by atoms with E-state index in [2.05, 4.69) is 10.1 Å². The number of rotatable bonds is 3. The zero-order valence-electron chi connectivity index (χ0n) is 11.8. The number of hydrogen-bond donors (Lipinski definition) is 1. The van der Waals surface area contributed by atoms with Gasteiger partial charge in [0, 0.05) is 19.5 Å². The molecule has 0 aliphatic carbocycles. The largest absolute Gasteiger partial charge is 0.480 e. The van der Waals surface area contributed by atoms with Crippen LogP contribution in [0.4, 0.5) is 0 Å². The number of amides is 1. The summed E-state index contributed by atoms with van der Waals surface area (Å²) in [7, 11) is 3.25. The van der Waals surface area contributed by atoms with Crippen molar-refractivity contribution in [1.82, 2.24) is 19.7 Å². The van der Waals surface area contributed by atoms with E-state index in [1.165, 1.54) is 7.05 Å². The monoisotopic (exact) mass is 276 g/mol. The van der Waals surface area contributed by atoms with E-state index in [4.69, 9.17) is 5.11 Å². The molecule has 1 amide bonds. The zero-order chi connectivity index (χ0) is 15.0. The number of carboxylic acid groups (broad SMARTS) is 1. The van der Waals surface area contributed by atoms with Gasteiger partial charge in [0.25, 0.3) is 5.91 Å². The molecular weight excluding hydrogens is 260 g/mol. The van der Waals surface area contributed by atoms with Crippen LogP contribution >= 0.6 is 0 Å². The van der Waals surface area contributed by atoms with E-state index in [1.54, 1.807) is 24.7 Å². The van der Waals surface area contributed by atoms with E-state index in [0.717, 1.165) is 16.0 Å². The number of carbonyl (C=O) groups excluding carboxylic acids is 1. The third kappa shape index (κ3) is 2.34. The van der Waals surface area contributed by atoms with Gasteiger partial charge in [0.2, 0.25) is 0 Å². The Labute approximate surface area is 115 Å². The average molecular weight is 276 g/mol. The summed E-state index contributed by atoms with van der Waals surface area (Å²) < 4.78 is 1.66. The topological polar surface area (TPSA) is 88.3 Å². The third-order valence-electron chi connectivity index (χ3n) is 3.14. The Morgan fingerprint density at radius 1 is 1.35 bits per heavy atom. The van der Waals surface area contributed by atoms with Gasteiger partial charge in [-0.05, 0) is 19.9 Å². The summed E-state index contributed by atoms with van der Waals surface area (Å²) in [6.07, 6.45) is 0. The minimum Gasteiger partial charge on any atom is -0.480 e. The van der Waals surface area contributed by atoms with Gasteiger partial charge >= 0.3 is 5.97 Å². The van der Waals surface area contributed by atoms with Gasteiger partial charge in [-0.2, -0.15) is 5.10 Å². The fourth-order valence-electron chi connectivity index (χ4n) is 2.13. The molecule has 0 aromatic carbocycles. The Morgan fingerprint density at radius 2 is 2.00 bits per heavy atom. The number of hydrogen-bond acceptors (Lipinski definition) is 4. The zero-order valence-corrected chi connectivity index (χ0v) is 11.8. The first-order chi connectivity index (χ1) is 9.31. The molecule has 0 atom stereocenters.